The predicted octanol–water partition coefficient (Wildman–Crippen LogP) is 3.40. The SMILES string of the molecule is CSCC[C@H](Nc1ccc2c(c1)-c1c(C)nc(N3CCOCC3)nc1CCC2)C(=O)O. The number of carboxylic acids is 1. The van der Waals surface area contributed by atoms with Gasteiger partial charge in [0.15, 0.2) is 0 Å². The molecule has 1 aliphatic carbocycles. The van der Waals surface area contributed by atoms with E-state index in [0.29, 0.717) is 19.6 Å². The van der Waals surface area contributed by atoms with Gasteiger partial charge in [0.25, 0.3) is 0 Å². The number of carboxylic acid groups (broad SMARTS) is 1. The minimum atomic E-state index is -0.820. The molecule has 1 aromatic carbocycles. The van der Waals surface area contributed by atoms with E-state index in [1.807, 2.05) is 12.3 Å². The highest BCUT2D eigenvalue weighted by Crippen LogP contribution is 2.36. The number of nitrogens with one attached hydrogen (secondary N) is 1. The number of hydrogen-bond donors (Lipinski definition) is 2. The summed E-state index contributed by atoms with van der Waals surface area (Å²) in [5.41, 5.74) is 6.38. The summed E-state index contributed by atoms with van der Waals surface area (Å²) in [6.45, 7) is 5.10. The fourth-order valence-corrected chi connectivity index (χ4v) is 4.78. The highest BCUT2D eigenvalue weighted by Gasteiger charge is 2.23. The average molecular weight is 443 g/mol. The van der Waals surface area contributed by atoms with Gasteiger partial charge in [0.2, 0.25) is 5.95 Å². The molecule has 1 aromatic heterocycles. The van der Waals surface area contributed by atoms with Crippen LogP contribution in [0.25, 0.3) is 11.1 Å². The van der Waals surface area contributed by atoms with Crippen molar-refractivity contribution in [3.63, 3.8) is 0 Å². The van der Waals surface area contributed by atoms with Crippen LogP contribution in [0.5, 0.6) is 0 Å². The van der Waals surface area contributed by atoms with Gasteiger partial charge in [-0.2, -0.15) is 11.8 Å². The first kappa shape index (κ1) is 21.9. The quantitative estimate of drug-likeness (QED) is 0.675. The summed E-state index contributed by atoms with van der Waals surface area (Å²) in [6.07, 6.45) is 5.50. The normalized spacial score (nSPS) is 16.8. The second-order valence-electron chi connectivity index (χ2n) is 8.07. The maximum atomic E-state index is 11.7. The van der Waals surface area contributed by atoms with Crippen molar-refractivity contribution < 1.29 is 14.6 Å². The van der Waals surface area contributed by atoms with Crippen molar-refractivity contribution in [3.05, 3.63) is 35.2 Å². The lowest BCUT2D eigenvalue weighted by atomic mass is 9.97. The van der Waals surface area contributed by atoms with Crippen LogP contribution in [-0.4, -0.2) is 65.4 Å². The van der Waals surface area contributed by atoms with Gasteiger partial charge in [-0.05, 0) is 67.9 Å². The number of benzene rings is 1. The zero-order chi connectivity index (χ0) is 21.8. The fourth-order valence-electron chi connectivity index (χ4n) is 4.31. The molecule has 2 aromatic rings. The molecule has 0 spiro atoms. The van der Waals surface area contributed by atoms with E-state index in [0.717, 1.165) is 72.3 Å². The van der Waals surface area contributed by atoms with Gasteiger partial charge in [0.1, 0.15) is 6.04 Å². The molecule has 8 heteroatoms. The second kappa shape index (κ2) is 9.87. The molecule has 31 heavy (non-hydrogen) atoms. The lowest BCUT2D eigenvalue weighted by Crippen LogP contribution is -2.37. The Hall–Kier alpha value is -2.32. The van der Waals surface area contributed by atoms with E-state index >= 15 is 0 Å². The van der Waals surface area contributed by atoms with E-state index in [-0.39, 0.29) is 0 Å². The largest absolute Gasteiger partial charge is 0.480 e. The Labute approximate surface area is 187 Å². The van der Waals surface area contributed by atoms with E-state index < -0.39 is 12.0 Å². The molecule has 2 N–H and O–H groups in total. The first-order valence-corrected chi connectivity index (χ1v) is 12.3. The van der Waals surface area contributed by atoms with Gasteiger partial charge in [-0.1, -0.05) is 6.07 Å². The maximum Gasteiger partial charge on any atom is 0.326 e. The molecule has 1 saturated heterocycles. The Morgan fingerprint density at radius 3 is 2.84 bits per heavy atom. The molecule has 0 bridgehead atoms. The van der Waals surface area contributed by atoms with Gasteiger partial charge in [0, 0.05) is 24.3 Å². The van der Waals surface area contributed by atoms with Crippen LogP contribution in [0.4, 0.5) is 11.6 Å². The van der Waals surface area contributed by atoms with Crippen molar-refractivity contribution in [2.24, 2.45) is 0 Å². The van der Waals surface area contributed by atoms with Gasteiger partial charge in [-0.3, -0.25) is 0 Å². The van der Waals surface area contributed by atoms with E-state index in [9.17, 15) is 9.90 Å². The van der Waals surface area contributed by atoms with E-state index in [4.69, 9.17) is 14.7 Å². The fraction of sp³-hybridized carbons (Fsp3) is 0.522. The van der Waals surface area contributed by atoms with Crippen LogP contribution in [0.15, 0.2) is 18.2 Å². The second-order valence-corrected chi connectivity index (χ2v) is 9.06. The Morgan fingerprint density at radius 1 is 1.29 bits per heavy atom. The van der Waals surface area contributed by atoms with Crippen molar-refractivity contribution >= 4 is 29.4 Å². The van der Waals surface area contributed by atoms with E-state index in [1.54, 1.807) is 11.8 Å². The number of aryl methyl sites for hydroxylation is 3. The number of carbonyl (C=O) groups is 1. The molecule has 0 saturated carbocycles. The summed E-state index contributed by atoms with van der Waals surface area (Å²) in [4.78, 5) is 23.7. The minimum absolute atomic E-state index is 0.579. The van der Waals surface area contributed by atoms with Crippen LogP contribution in [0, 0.1) is 6.92 Å². The molecule has 0 unspecified atom stereocenters. The van der Waals surface area contributed by atoms with Crippen LogP contribution in [-0.2, 0) is 22.4 Å². The summed E-state index contributed by atoms with van der Waals surface area (Å²) in [5.74, 6) is 0.772. The highest BCUT2D eigenvalue weighted by atomic mass is 32.2. The van der Waals surface area contributed by atoms with Gasteiger partial charge in [-0.15, -0.1) is 0 Å². The average Bonchev–Trinajstić information content (AvgIpc) is 2.96. The van der Waals surface area contributed by atoms with Crippen LogP contribution >= 0.6 is 11.8 Å². The Balaban J connectivity index is 1.68. The smallest absolute Gasteiger partial charge is 0.326 e. The van der Waals surface area contributed by atoms with Crippen LogP contribution in [0.3, 0.4) is 0 Å². The molecule has 4 rings (SSSR count). The molecule has 7 nitrogen and oxygen atoms in total. The van der Waals surface area contributed by atoms with Gasteiger partial charge in [-0.25, -0.2) is 14.8 Å². The Kier molecular flexibility index (Phi) is 6.97. The summed E-state index contributed by atoms with van der Waals surface area (Å²) < 4.78 is 5.47. The number of aliphatic carboxylic acids is 1. The zero-order valence-corrected chi connectivity index (χ0v) is 19.0. The molecular weight excluding hydrogens is 412 g/mol. The molecule has 2 heterocycles. The lowest BCUT2D eigenvalue weighted by Gasteiger charge is -2.28. The summed E-state index contributed by atoms with van der Waals surface area (Å²) in [6, 6.07) is 5.60. The monoisotopic (exact) mass is 442 g/mol. The summed E-state index contributed by atoms with van der Waals surface area (Å²) in [7, 11) is 0. The van der Waals surface area contributed by atoms with Crippen molar-refractivity contribution in [2.45, 2.75) is 38.6 Å². The first-order valence-electron chi connectivity index (χ1n) is 10.9. The maximum absolute atomic E-state index is 11.7. The third kappa shape index (κ3) is 4.96. The Bertz CT molecular complexity index is 947. The lowest BCUT2D eigenvalue weighted by molar-refractivity contribution is -0.137. The van der Waals surface area contributed by atoms with E-state index in [2.05, 4.69) is 29.3 Å². The van der Waals surface area contributed by atoms with Crippen molar-refractivity contribution in [2.75, 3.05) is 48.5 Å². The number of hydrogen-bond acceptors (Lipinski definition) is 7. The van der Waals surface area contributed by atoms with Gasteiger partial charge >= 0.3 is 5.97 Å². The predicted molar refractivity (Wildman–Crippen MR) is 125 cm³/mol. The van der Waals surface area contributed by atoms with Crippen molar-refractivity contribution in [3.8, 4) is 11.1 Å². The highest BCUT2D eigenvalue weighted by molar-refractivity contribution is 7.98. The number of rotatable bonds is 7. The summed E-state index contributed by atoms with van der Waals surface area (Å²) in [5, 5.41) is 12.8. The topological polar surface area (TPSA) is 87.6 Å². The Morgan fingerprint density at radius 2 is 2.10 bits per heavy atom. The number of ether oxygens (including phenoxy) is 1. The first-order chi connectivity index (χ1) is 15.1. The van der Waals surface area contributed by atoms with Crippen LogP contribution in [0.2, 0.25) is 0 Å². The minimum Gasteiger partial charge on any atom is -0.480 e. The molecule has 0 radical (unpaired) electrons. The molecule has 166 valence electrons. The van der Waals surface area contributed by atoms with Crippen molar-refractivity contribution in [1.29, 1.82) is 0 Å². The van der Waals surface area contributed by atoms with Gasteiger partial charge in [0.05, 0.1) is 24.6 Å². The molecule has 1 atom stereocenters. The van der Waals surface area contributed by atoms with Crippen molar-refractivity contribution in [1.82, 2.24) is 9.97 Å². The number of morpholine rings is 1. The number of aromatic nitrogens is 2. The number of fused-ring (bicyclic) bond motifs is 3. The zero-order valence-electron chi connectivity index (χ0n) is 18.2. The van der Waals surface area contributed by atoms with Gasteiger partial charge < -0.3 is 20.1 Å². The number of thioether (sulfide) groups is 1. The third-order valence-corrected chi connectivity index (χ3v) is 6.58. The molecule has 0 amide bonds. The molecule has 2 aliphatic rings. The van der Waals surface area contributed by atoms with E-state index in [1.165, 1.54) is 5.56 Å². The number of anilines is 2. The van der Waals surface area contributed by atoms with Crippen LogP contribution in [0.1, 0.15) is 29.8 Å². The summed E-state index contributed by atoms with van der Waals surface area (Å²) >= 11 is 1.66. The molecular formula is C23H30N4O3S. The molecule has 1 aliphatic heterocycles. The number of nitrogens with zero attached hydrogens (tertiary/aromatic N) is 3. The molecule has 1 fully saturated rings. The third-order valence-electron chi connectivity index (χ3n) is 5.94. The standard InChI is InChI=1S/C23H30N4O3S/c1-15-21-18-14-17(25-20(22(28)29)8-13-31-2)7-6-16(18)4-3-5-19(21)26-23(24-15)27-9-11-30-12-10-27/h6-7,14,20,25H,3-5,8-13H2,1-2H3,(H,28,29)/t20-/m0/s1. The van der Waals surface area contributed by atoms with Crippen LogP contribution < -0.4 is 10.2 Å².